The molecule has 0 aliphatic heterocycles. The number of alkyl carbamates (subject to hydrolysis) is 1. The van der Waals surface area contributed by atoms with E-state index < -0.39 is 12.1 Å². The number of rotatable bonds is 11. The van der Waals surface area contributed by atoms with Crippen LogP contribution >= 0.6 is 0 Å². The first-order valence-electron chi connectivity index (χ1n) is 11.5. The van der Waals surface area contributed by atoms with Crippen LogP contribution in [0.3, 0.4) is 0 Å². The van der Waals surface area contributed by atoms with Crippen LogP contribution in [0.15, 0.2) is 48.5 Å². The van der Waals surface area contributed by atoms with Crippen LogP contribution in [0.5, 0.6) is 0 Å². The highest BCUT2D eigenvalue weighted by molar-refractivity contribution is 5.79. The molecule has 0 bridgehead atoms. The summed E-state index contributed by atoms with van der Waals surface area (Å²) in [6, 6.07) is 16.4. The Balaban J connectivity index is 1.45. The molecule has 2 aromatic carbocycles. The number of aliphatic carboxylic acids is 1. The summed E-state index contributed by atoms with van der Waals surface area (Å²) < 4.78 is 5.53. The summed E-state index contributed by atoms with van der Waals surface area (Å²) in [6.07, 6.45) is 0.463. The lowest BCUT2D eigenvalue weighted by Crippen LogP contribution is -2.37. The Morgan fingerprint density at radius 2 is 1.67 bits per heavy atom. The van der Waals surface area contributed by atoms with Crippen molar-refractivity contribution in [3.8, 4) is 11.1 Å². The van der Waals surface area contributed by atoms with Crippen LogP contribution < -0.4 is 5.32 Å². The fourth-order valence-electron chi connectivity index (χ4n) is 4.32. The van der Waals surface area contributed by atoms with Crippen molar-refractivity contribution in [1.29, 1.82) is 0 Å². The average molecular weight is 453 g/mol. The number of nitrogens with one attached hydrogen (secondary N) is 1. The topological polar surface area (TPSA) is 95.9 Å². The molecule has 0 aromatic heterocycles. The first kappa shape index (κ1) is 24.3. The highest BCUT2D eigenvalue weighted by Gasteiger charge is 2.29. The average Bonchev–Trinajstić information content (AvgIpc) is 3.13. The maximum Gasteiger partial charge on any atom is 0.407 e. The van der Waals surface area contributed by atoms with Crippen molar-refractivity contribution in [2.24, 2.45) is 5.92 Å². The van der Waals surface area contributed by atoms with E-state index in [9.17, 15) is 14.4 Å². The lowest BCUT2D eigenvalue weighted by Gasteiger charge is -2.24. The van der Waals surface area contributed by atoms with Crippen LogP contribution in [0.25, 0.3) is 11.1 Å². The van der Waals surface area contributed by atoms with E-state index in [4.69, 9.17) is 9.84 Å². The lowest BCUT2D eigenvalue weighted by molar-refractivity contribution is -0.139. The summed E-state index contributed by atoms with van der Waals surface area (Å²) in [5.74, 6) is -1.16. The first-order chi connectivity index (χ1) is 15.9. The zero-order chi connectivity index (χ0) is 23.8. The van der Waals surface area contributed by atoms with Gasteiger partial charge in [-0.3, -0.25) is 9.59 Å². The molecule has 7 nitrogen and oxygen atoms in total. The minimum atomic E-state index is -0.862. The number of carbonyl (C=O) groups excluding carboxylic acids is 2. The molecule has 1 atom stereocenters. The Labute approximate surface area is 194 Å². The minimum Gasteiger partial charge on any atom is -0.481 e. The van der Waals surface area contributed by atoms with E-state index in [0.717, 1.165) is 11.1 Å². The fourth-order valence-corrected chi connectivity index (χ4v) is 4.32. The summed E-state index contributed by atoms with van der Waals surface area (Å²) in [7, 11) is 0. The number of carbonyl (C=O) groups is 3. The van der Waals surface area contributed by atoms with E-state index in [1.165, 1.54) is 11.1 Å². The second kappa shape index (κ2) is 11.5. The highest BCUT2D eigenvalue weighted by Crippen LogP contribution is 2.44. The largest absolute Gasteiger partial charge is 0.481 e. The summed E-state index contributed by atoms with van der Waals surface area (Å²) in [4.78, 5) is 37.2. The highest BCUT2D eigenvalue weighted by atomic mass is 16.5. The number of carboxylic acids is 1. The van der Waals surface area contributed by atoms with Crippen molar-refractivity contribution in [3.63, 3.8) is 0 Å². The molecular weight excluding hydrogens is 420 g/mol. The molecule has 2 N–H and O–H groups in total. The Bertz CT molecular complexity index is 945. The molecule has 2 amide bonds. The second-order valence-electron chi connectivity index (χ2n) is 8.36. The van der Waals surface area contributed by atoms with Gasteiger partial charge in [-0.25, -0.2) is 4.79 Å². The Hall–Kier alpha value is -3.35. The number of amides is 2. The van der Waals surface area contributed by atoms with E-state index >= 15 is 0 Å². The molecule has 1 aliphatic rings. The Kier molecular flexibility index (Phi) is 8.46. The molecule has 0 saturated carbocycles. The monoisotopic (exact) mass is 452 g/mol. The third-order valence-corrected chi connectivity index (χ3v) is 6.12. The normalized spacial score (nSPS) is 13.0. The van der Waals surface area contributed by atoms with Gasteiger partial charge in [0, 0.05) is 37.9 Å². The van der Waals surface area contributed by atoms with Crippen molar-refractivity contribution >= 4 is 18.0 Å². The lowest BCUT2D eigenvalue weighted by atomic mass is 9.98. The Morgan fingerprint density at radius 3 is 2.24 bits per heavy atom. The van der Waals surface area contributed by atoms with Crippen LogP contribution in [-0.2, 0) is 14.3 Å². The number of hydrogen-bond donors (Lipinski definition) is 2. The summed E-state index contributed by atoms with van der Waals surface area (Å²) in [5, 5.41) is 11.5. The molecule has 0 heterocycles. The number of benzene rings is 2. The van der Waals surface area contributed by atoms with Gasteiger partial charge in [-0.1, -0.05) is 55.5 Å². The zero-order valence-electron chi connectivity index (χ0n) is 19.3. The SMILES string of the molecule is CCN(CCCC(=O)O)C(=O)C(C)CCNC(=O)OCC1c2ccccc2-c2ccccc21. The predicted octanol–water partition coefficient (Wildman–Crippen LogP) is 4.26. The maximum atomic E-state index is 12.6. The van der Waals surface area contributed by atoms with Gasteiger partial charge in [-0.15, -0.1) is 0 Å². The van der Waals surface area contributed by atoms with Crippen LogP contribution in [0.1, 0.15) is 50.2 Å². The number of carboxylic acid groups (broad SMARTS) is 1. The maximum absolute atomic E-state index is 12.6. The van der Waals surface area contributed by atoms with E-state index in [1.807, 2.05) is 38.1 Å². The van der Waals surface area contributed by atoms with Gasteiger partial charge in [-0.2, -0.15) is 0 Å². The van der Waals surface area contributed by atoms with E-state index in [0.29, 0.717) is 32.5 Å². The summed E-state index contributed by atoms with van der Waals surface area (Å²) >= 11 is 0. The molecule has 3 rings (SSSR count). The quantitative estimate of drug-likeness (QED) is 0.531. The molecule has 176 valence electrons. The third kappa shape index (κ3) is 6.12. The molecular formula is C26H32N2O5. The van der Waals surface area contributed by atoms with Gasteiger partial charge in [0.15, 0.2) is 0 Å². The van der Waals surface area contributed by atoms with Gasteiger partial charge in [0.1, 0.15) is 6.61 Å². The van der Waals surface area contributed by atoms with Gasteiger partial charge in [0.25, 0.3) is 0 Å². The van der Waals surface area contributed by atoms with Crippen molar-refractivity contribution < 1.29 is 24.2 Å². The molecule has 1 aliphatic carbocycles. The summed E-state index contributed by atoms with van der Waals surface area (Å²) in [5.41, 5.74) is 4.68. The number of ether oxygens (including phenoxy) is 1. The molecule has 7 heteroatoms. The van der Waals surface area contributed by atoms with Crippen molar-refractivity contribution in [1.82, 2.24) is 10.2 Å². The number of hydrogen-bond acceptors (Lipinski definition) is 4. The van der Waals surface area contributed by atoms with Gasteiger partial charge < -0.3 is 20.1 Å². The van der Waals surface area contributed by atoms with Gasteiger partial charge in [0.2, 0.25) is 5.91 Å². The molecule has 1 unspecified atom stereocenters. The van der Waals surface area contributed by atoms with Crippen LogP contribution in [-0.4, -0.2) is 54.2 Å². The van der Waals surface area contributed by atoms with Gasteiger partial charge in [-0.05, 0) is 42.0 Å². The van der Waals surface area contributed by atoms with Crippen molar-refractivity contribution in [2.75, 3.05) is 26.2 Å². The smallest absolute Gasteiger partial charge is 0.407 e. The number of nitrogens with zero attached hydrogens (tertiary/aromatic N) is 1. The predicted molar refractivity (Wildman–Crippen MR) is 126 cm³/mol. The van der Waals surface area contributed by atoms with Gasteiger partial charge >= 0.3 is 12.1 Å². The zero-order valence-corrected chi connectivity index (χ0v) is 19.3. The fraction of sp³-hybridized carbons (Fsp3) is 0.423. The minimum absolute atomic E-state index is 0.00701. The van der Waals surface area contributed by atoms with Crippen molar-refractivity contribution in [2.45, 2.75) is 39.0 Å². The summed E-state index contributed by atoms with van der Waals surface area (Å²) in [6.45, 7) is 5.23. The molecule has 33 heavy (non-hydrogen) atoms. The molecule has 0 radical (unpaired) electrons. The van der Waals surface area contributed by atoms with Crippen LogP contribution in [0.4, 0.5) is 4.79 Å². The molecule has 2 aromatic rings. The van der Waals surface area contributed by atoms with E-state index in [-0.39, 0.29) is 30.8 Å². The molecule has 0 spiro atoms. The van der Waals surface area contributed by atoms with Crippen LogP contribution in [0, 0.1) is 5.92 Å². The second-order valence-corrected chi connectivity index (χ2v) is 8.36. The molecule has 0 saturated heterocycles. The standard InChI is InChI=1S/C26H32N2O5/c1-3-28(16-8-13-24(29)30)25(31)18(2)14-15-27-26(32)33-17-23-21-11-6-4-9-19(21)20-10-5-7-12-22(20)23/h4-7,9-12,18,23H,3,8,13-17H2,1-2H3,(H,27,32)(H,29,30). The van der Waals surface area contributed by atoms with Crippen molar-refractivity contribution in [3.05, 3.63) is 59.7 Å². The third-order valence-electron chi connectivity index (χ3n) is 6.12. The van der Waals surface area contributed by atoms with E-state index in [2.05, 4.69) is 29.6 Å². The number of fused-ring (bicyclic) bond motifs is 3. The van der Waals surface area contributed by atoms with Gasteiger partial charge in [0.05, 0.1) is 0 Å². The molecule has 0 fully saturated rings. The van der Waals surface area contributed by atoms with Crippen LogP contribution in [0.2, 0.25) is 0 Å². The Morgan fingerprint density at radius 1 is 1.06 bits per heavy atom. The van der Waals surface area contributed by atoms with E-state index in [1.54, 1.807) is 4.90 Å². The first-order valence-corrected chi connectivity index (χ1v) is 11.5.